The first-order valence-electron chi connectivity index (χ1n) is 12.0. The molecule has 0 spiro atoms. The van der Waals surface area contributed by atoms with Crippen LogP contribution in [0, 0.1) is 5.92 Å². The Morgan fingerprint density at radius 2 is 1.64 bits per heavy atom. The molecule has 10 nitrogen and oxygen atoms in total. The SMILES string of the molecule is COc1ccc(CC(NC(=O)C2CCN(c3ccc4nnnn4n3)CC2)c2ccc(OC)cc2)cc1. The number of aromatic nitrogens is 5. The summed E-state index contributed by atoms with van der Waals surface area (Å²) in [6.45, 7) is 1.48. The van der Waals surface area contributed by atoms with Crippen LogP contribution < -0.4 is 19.7 Å². The molecule has 1 saturated heterocycles. The number of carbonyl (C=O) groups is 1. The number of piperidine rings is 1. The molecule has 1 aliphatic rings. The van der Waals surface area contributed by atoms with E-state index in [4.69, 9.17) is 9.47 Å². The summed E-state index contributed by atoms with van der Waals surface area (Å²) in [6.07, 6.45) is 2.18. The van der Waals surface area contributed by atoms with Crippen molar-refractivity contribution in [2.24, 2.45) is 5.92 Å². The van der Waals surface area contributed by atoms with E-state index in [2.05, 4.69) is 30.8 Å². The second kappa shape index (κ2) is 10.6. The predicted molar refractivity (Wildman–Crippen MR) is 134 cm³/mol. The number of benzene rings is 2. The van der Waals surface area contributed by atoms with E-state index < -0.39 is 0 Å². The number of tetrazole rings is 1. The molecule has 1 N–H and O–H groups in total. The number of fused-ring (bicyclic) bond motifs is 1. The third-order valence-corrected chi connectivity index (χ3v) is 6.68. The van der Waals surface area contributed by atoms with Gasteiger partial charge in [0.05, 0.1) is 20.3 Å². The molecule has 0 radical (unpaired) electrons. The number of rotatable bonds is 8. The number of hydrogen-bond donors (Lipinski definition) is 1. The third-order valence-electron chi connectivity index (χ3n) is 6.68. The van der Waals surface area contributed by atoms with Crippen molar-refractivity contribution in [3.05, 3.63) is 71.8 Å². The van der Waals surface area contributed by atoms with Gasteiger partial charge in [0.25, 0.3) is 0 Å². The molecular weight excluding hydrogens is 458 g/mol. The Bertz CT molecular complexity index is 1300. The number of nitrogens with zero attached hydrogens (tertiary/aromatic N) is 6. The van der Waals surface area contributed by atoms with Crippen LogP contribution in [0.15, 0.2) is 60.7 Å². The second-order valence-electron chi connectivity index (χ2n) is 8.87. The Kier molecular flexibility index (Phi) is 6.92. The molecule has 1 unspecified atom stereocenters. The van der Waals surface area contributed by atoms with Crippen molar-refractivity contribution in [3.63, 3.8) is 0 Å². The zero-order valence-electron chi connectivity index (χ0n) is 20.4. The first-order chi connectivity index (χ1) is 17.6. The minimum absolute atomic E-state index is 0.0605. The molecule has 36 heavy (non-hydrogen) atoms. The van der Waals surface area contributed by atoms with Crippen molar-refractivity contribution in [2.45, 2.75) is 25.3 Å². The summed E-state index contributed by atoms with van der Waals surface area (Å²) in [7, 11) is 3.30. The number of anilines is 1. The van der Waals surface area contributed by atoms with E-state index >= 15 is 0 Å². The molecular formula is C26H29N7O3. The summed E-state index contributed by atoms with van der Waals surface area (Å²) >= 11 is 0. The Labute approximate surface area is 209 Å². The summed E-state index contributed by atoms with van der Waals surface area (Å²) in [4.78, 5) is 15.5. The van der Waals surface area contributed by atoms with Crippen LogP contribution in [0.3, 0.4) is 0 Å². The van der Waals surface area contributed by atoms with Crippen molar-refractivity contribution in [2.75, 3.05) is 32.2 Å². The molecule has 2 aromatic heterocycles. The van der Waals surface area contributed by atoms with Crippen molar-refractivity contribution >= 4 is 17.4 Å². The zero-order valence-corrected chi connectivity index (χ0v) is 20.4. The fourth-order valence-corrected chi connectivity index (χ4v) is 4.55. The van der Waals surface area contributed by atoms with Crippen molar-refractivity contribution < 1.29 is 14.3 Å². The standard InChI is InChI=1S/C26H29N7O3/c1-35-21-7-3-18(4-8-21)17-23(19-5-9-22(36-2)10-6-19)27-26(34)20-13-15-32(16-14-20)25-12-11-24-28-30-31-33(24)29-25/h3-12,20,23H,13-17H2,1-2H3,(H,27,34). The number of ether oxygens (including phenoxy) is 2. The molecule has 1 fully saturated rings. The van der Waals surface area contributed by atoms with E-state index in [1.165, 1.54) is 4.63 Å². The fourth-order valence-electron chi connectivity index (χ4n) is 4.55. The van der Waals surface area contributed by atoms with Gasteiger partial charge in [-0.1, -0.05) is 24.3 Å². The van der Waals surface area contributed by atoms with Crippen molar-refractivity contribution in [3.8, 4) is 11.5 Å². The van der Waals surface area contributed by atoms with E-state index in [9.17, 15) is 4.79 Å². The molecule has 1 amide bonds. The molecule has 4 aromatic rings. The van der Waals surface area contributed by atoms with Crippen LogP contribution in [0.25, 0.3) is 5.65 Å². The molecule has 5 rings (SSSR count). The topological polar surface area (TPSA) is 107 Å². The van der Waals surface area contributed by atoms with Crippen LogP contribution in [0.1, 0.15) is 30.0 Å². The van der Waals surface area contributed by atoms with E-state index in [1.54, 1.807) is 14.2 Å². The third kappa shape index (κ3) is 5.22. The maximum atomic E-state index is 13.4. The lowest BCUT2D eigenvalue weighted by Crippen LogP contribution is -2.42. The molecule has 2 aromatic carbocycles. The molecule has 0 saturated carbocycles. The Hall–Kier alpha value is -4.21. The molecule has 1 aliphatic heterocycles. The van der Waals surface area contributed by atoms with Gasteiger partial charge in [0.2, 0.25) is 5.91 Å². The molecule has 10 heteroatoms. The minimum atomic E-state index is -0.154. The number of methoxy groups -OCH3 is 2. The highest BCUT2D eigenvalue weighted by Crippen LogP contribution is 2.26. The van der Waals surface area contributed by atoms with Gasteiger partial charge in [-0.2, -0.15) is 0 Å². The number of amides is 1. The largest absolute Gasteiger partial charge is 0.497 e. The van der Waals surface area contributed by atoms with Crippen molar-refractivity contribution in [1.29, 1.82) is 0 Å². The normalized spacial score (nSPS) is 15.0. The summed E-state index contributed by atoms with van der Waals surface area (Å²) in [5.74, 6) is 2.42. The average Bonchev–Trinajstić information content (AvgIpc) is 3.41. The van der Waals surface area contributed by atoms with Crippen LogP contribution in [0.5, 0.6) is 11.5 Å². The van der Waals surface area contributed by atoms with E-state index in [0.717, 1.165) is 54.4 Å². The lowest BCUT2D eigenvalue weighted by atomic mass is 9.93. The van der Waals surface area contributed by atoms with Gasteiger partial charge in [-0.15, -0.1) is 14.8 Å². The van der Waals surface area contributed by atoms with E-state index in [0.29, 0.717) is 12.1 Å². The quantitative estimate of drug-likeness (QED) is 0.404. The summed E-state index contributed by atoms with van der Waals surface area (Å²) < 4.78 is 12.0. The average molecular weight is 488 g/mol. The molecule has 0 bridgehead atoms. The minimum Gasteiger partial charge on any atom is -0.497 e. The van der Waals surface area contributed by atoms with Gasteiger partial charge in [0.15, 0.2) is 11.5 Å². The van der Waals surface area contributed by atoms with Crippen LogP contribution in [-0.4, -0.2) is 58.5 Å². The molecule has 0 aliphatic carbocycles. The van der Waals surface area contributed by atoms with Crippen LogP contribution in [0.4, 0.5) is 5.82 Å². The highest BCUT2D eigenvalue weighted by molar-refractivity contribution is 5.79. The van der Waals surface area contributed by atoms with Gasteiger partial charge in [0.1, 0.15) is 11.5 Å². The summed E-state index contributed by atoms with van der Waals surface area (Å²) in [5, 5.41) is 19.2. The first-order valence-corrected chi connectivity index (χ1v) is 12.0. The lowest BCUT2D eigenvalue weighted by molar-refractivity contribution is -0.126. The van der Waals surface area contributed by atoms with Gasteiger partial charge in [-0.25, -0.2) is 0 Å². The summed E-state index contributed by atoms with van der Waals surface area (Å²) in [6, 6.07) is 19.4. The maximum Gasteiger partial charge on any atom is 0.223 e. The zero-order chi connectivity index (χ0) is 24.9. The van der Waals surface area contributed by atoms with Gasteiger partial charge >= 0.3 is 0 Å². The Morgan fingerprint density at radius 1 is 0.972 bits per heavy atom. The first kappa shape index (κ1) is 23.5. The van der Waals surface area contributed by atoms with E-state index in [1.807, 2.05) is 60.7 Å². The number of carbonyl (C=O) groups excluding carboxylic acids is 1. The van der Waals surface area contributed by atoms with Gasteiger partial charge in [-0.3, -0.25) is 4.79 Å². The second-order valence-corrected chi connectivity index (χ2v) is 8.87. The van der Waals surface area contributed by atoms with E-state index in [-0.39, 0.29) is 17.9 Å². The van der Waals surface area contributed by atoms with Gasteiger partial charge in [-0.05, 0) is 77.2 Å². The Morgan fingerprint density at radius 3 is 2.31 bits per heavy atom. The smallest absolute Gasteiger partial charge is 0.223 e. The van der Waals surface area contributed by atoms with Crippen LogP contribution in [-0.2, 0) is 11.2 Å². The molecule has 1 atom stereocenters. The number of nitrogens with one attached hydrogen (secondary N) is 1. The lowest BCUT2D eigenvalue weighted by Gasteiger charge is -2.32. The molecule has 186 valence electrons. The fraction of sp³-hybridized carbons (Fsp3) is 0.346. The highest BCUT2D eigenvalue weighted by atomic mass is 16.5. The monoisotopic (exact) mass is 487 g/mol. The van der Waals surface area contributed by atoms with Crippen LogP contribution >= 0.6 is 0 Å². The summed E-state index contributed by atoms with van der Waals surface area (Å²) in [5.41, 5.74) is 2.77. The van der Waals surface area contributed by atoms with Gasteiger partial charge < -0.3 is 19.7 Å². The molecule has 3 heterocycles. The Balaban J connectivity index is 1.26. The number of hydrogen-bond acceptors (Lipinski definition) is 8. The maximum absolute atomic E-state index is 13.4. The highest BCUT2D eigenvalue weighted by Gasteiger charge is 2.28. The predicted octanol–water partition coefficient (Wildman–Crippen LogP) is 2.85. The van der Waals surface area contributed by atoms with Crippen LogP contribution in [0.2, 0.25) is 0 Å². The van der Waals surface area contributed by atoms with Crippen molar-refractivity contribution in [1.82, 2.24) is 30.6 Å². The van der Waals surface area contributed by atoms with Gasteiger partial charge in [0, 0.05) is 19.0 Å².